The molecule has 29 heavy (non-hydrogen) atoms. The molecule has 0 bridgehead atoms. The number of rotatable bonds is 3. The van der Waals surface area contributed by atoms with Gasteiger partial charge in [-0.2, -0.15) is 0 Å². The van der Waals surface area contributed by atoms with Gasteiger partial charge >= 0.3 is 11.5 Å². The van der Waals surface area contributed by atoms with Gasteiger partial charge < -0.3 is 5.11 Å². The maximum absolute atomic E-state index is 12.5. The Morgan fingerprint density at radius 1 is 1.00 bits per heavy atom. The van der Waals surface area contributed by atoms with Crippen molar-refractivity contribution in [3.63, 3.8) is 0 Å². The molecule has 0 saturated carbocycles. The monoisotopic (exact) mass is 420 g/mol. The third-order valence-electron chi connectivity index (χ3n) is 3.97. The van der Waals surface area contributed by atoms with E-state index in [0.717, 1.165) is 11.3 Å². The lowest BCUT2D eigenvalue weighted by Crippen LogP contribution is -2.68. The van der Waals surface area contributed by atoms with E-state index in [2.05, 4.69) is 4.98 Å². The first kappa shape index (κ1) is 22.2. The molecule has 152 valence electrons. The number of hydrogen-bond acceptors (Lipinski definition) is 6. The number of aromatic amines is 1. The van der Waals surface area contributed by atoms with Crippen molar-refractivity contribution in [1.82, 2.24) is 4.98 Å². The maximum atomic E-state index is 12.5. The lowest BCUT2D eigenvalue weighted by Gasteiger charge is -2.17. The second-order valence-electron chi connectivity index (χ2n) is 5.93. The fraction of sp³-hybridized carbons (Fsp3) is 0.105. The minimum Gasteiger partial charge on any atom is -0.478 e. The van der Waals surface area contributed by atoms with E-state index in [1.807, 2.05) is 47.9 Å². The van der Waals surface area contributed by atoms with Crippen molar-refractivity contribution in [2.45, 2.75) is 13.8 Å². The predicted octanol–water partition coefficient (Wildman–Crippen LogP) is -2.12. The first-order valence-corrected chi connectivity index (χ1v) is 9.39. The Balaban J connectivity index is 0.000000537. The molecule has 0 aliphatic heterocycles. The molecule has 0 fully saturated rings. The van der Waals surface area contributed by atoms with Gasteiger partial charge in [0.15, 0.2) is 0 Å². The molecule has 0 unspecified atom stereocenters. The molecule has 0 aliphatic carbocycles. The molecule has 2 N–H and O–H groups in total. The van der Waals surface area contributed by atoms with Crippen molar-refractivity contribution >= 4 is 5.97 Å². The number of hydrogen-bond donors (Lipinski definition) is 2. The average Bonchev–Trinajstić information content (AvgIpc) is 2.61. The van der Waals surface area contributed by atoms with Crippen molar-refractivity contribution in [2.75, 3.05) is 0 Å². The van der Waals surface area contributed by atoms with Gasteiger partial charge in [0.2, 0.25) is 0 Å². The van der Waals surface area contributed by atoms with Crippen LogP contribution < -0.4 is 28.8 Å². The number of H-pyrrole nitrogens is 1. The van der Waals surface area contributed by atoms with Crippen LogP contribution in [-0.4, -0.2) is 16.1 Å². The summed E-state index contributed by atoms with van der Waals surface area (Å²) in [6.07, 6.45) is 0. The zero-order valence-corrected chi connectivity index (χ0v) is 16.2. The molecule has 0 atom stereocenters. The van der Waals surface area contributed by atoms with Gasteiger partial charge in [-0.05, 0) is 30.7 Å². The Morgan fingerprint density at radius 2 is 1.59 bits per heavy atom. The number of nitrogens with one attached hydrogen (secondary N) is 1. The molecule has 1 aromatic heterocycles. The Labute approximate surface area is 167 Å². The molecule has 2 aromatic carbocycles. The van der Waals surface area contributed by atoms with Crippen molar-refractivity contribution in [1.29, 1.82) is 0 Å². The summed E-state index contributed by atoms with van der Waals surface area (Å²) in [5, 5.41) is 9.20. The number of carbonyl (C=O) groups is 1. The molecule has 0 amide bonds. The van der Waals surface area contributed by atoms with Crippen LogP contribution in [-0.2, 0) is 0 Å². The molecule has 1 heterocycles. The summed E-state index contributed by atoms with van der Waals surface area (Å²) in [7, 11) is -4.94. The molecule has 0 aliphatic rings. The highest BCUT2D eigenvalue weighted by Crippen LogP contribution is 2.18. The fourth-order valence-electron chi connectivity index (χ4n) is 2.92. The highest BCUT2D eigenvalue weighted by Gasteiger charge is 2.21. The van der Waals surface area contributed by atoms with Gasteiger partial charge in [0.1, 0.15) is 16.9 Å². The Bertz CT molecular complexity index is 1070. The van der Waals surface area contributed by atoms with Crippen LogP contribution in [0.5, 0.6) is 0 Å². The van der Waals surface area contributed by atoms with Crippen molar-refractivity contribution in [3.8, 4) is 16.8 Å². The molecule has 0 spiro atoms. The summed E-state index contributed by atoms with van der Waals surface area (Å²) in [5.74, 6) is -0.347. The van der Waals surface area contributed by atoms with Crippen LogP contribution in [0.2, 0.25) is 0 Å². The van der Waals surface area contributed by atoms with Gasteiger partial charge in [0, 0.05) is 6.92 Å². The Kier molecular flexibility index (Phi) is 6.85. The SMILES string of the molecule is Cc1[nH]c(=O)c(-c2ccccc2)c(C)[n+]1-c1cccc(C(=O)O)c1.[O-][Cl+3]([O-])([O-])[O-]. The summed E-state index contributed by atoms with van der Waals surface area (Å²) in [5.41, 5.74) is 2.87. The van der Waals surface area contributed by atoms with Crippen molar-refractivity contribution in [2.24, 2.45) is 0 Å². The zero-order valence-electron chi connectivity index (χ0n) is 15.4. The van der Waals surface area contributed by atoms with Gasteiger partial charge in [-0.3, -0.25) is 0 Å². The summed E-state index contributed by atoms with van der Waals surface area (Å²) in [4.78, 5) is 26.5. The van der Waals surface area contributed by atoms with E-state index >= 15 is 0 Å². The van der Waals surface area contributed by atoms with E-state index in [-0.39, 0.29) is 11.1 Å². The van der Waals surface area contributed by atoms with E-state index in [0.29, 0.717) is 17.1 Å². The van der Waals surface area contributed by atoms with E-state index in [4.69, 9.17) is 18.6 Å². The third-order valence-corrected chi connectivity index (χ3v) is 3.97. The second kappa shape index (κ2) is 8.95. The molecular weight excluding hydrogens is 404 g/mol. The number of aryl methyl sites for hydroxylation is 1. The Hall–Kier alpha value is -3.08. The minimum atomic E-state index is -4.94. The summed E-state index contributed by atoms with van der Waals surface area (Å²) in [6.45, 7) is 3.65. The van der Waals surface area contributed by atoms with E-state index in [1.165, 1.54) is 0 Å². The number of halogens is 1. The fourth-order valence-corrected chi connectivity index (χ4v) is 2.92. The number of nitrogens with zero attached hydrogens (tertiary/aromatic N) is 1. The quantitative estimate of drug-likeness (QED) is 0.456. The lowest BCUT2D eigenvalue weighted by molar-refractivity contribution is -2.00. The highest BCUT2D eigenvalue weighted by molar-refractivity contribution is 5.88. The van der Waals surface area contributed by atoms with Crippen LogP contribution in [0.1, 0.15) is 21.9 Å². The highest BCUT2D eigenvalue weighted by atomic mass is 35.7. The minimum absolute atomic E-state index is 0.165. The van der Waals surface area contributed by atoms with Gasteiger partial charge in [-0.15, -0.1) is 10.2 Å². The van der Waals surface area contributed by atoms with Gasteiger partial charge in [-0.25, -0.2) is 37.8 Å². The average molecular weight is 421 g/mol. The second-order valence-corrected chi connectivity index (χ2v) is 6.69. The number of aromatic carboxylic acids is 1. The summed E-state index contributed by atoms with van der Waals surface area (Å²) < 4.78 is 35.8. The first-order chi connectivity index (χ1) is 13.5. The normalized spacial score (nSPS) is 10.8. The van der Waals surface area contributed by atoms with Gasteiger partial charge in [-0.1, -0.05) is 36.4 Å². The Morgan fingerprint density at radius 3 is 2.14 bits per heavy atom. The van der Waals surface area contributed by atoms with Gasteiger partial charge in [0.05, 0.1) is 5.56 Å². The van der Waals surface area contributed by atoms with E-state index in [1.54, 1.807) is 25.1 Å². The topological polar surface area (TPSA) is 166 Å². The van der Waals surface area contributed by atoms with Crippen LogP contribution in [0.15, 0.2) is 59.4 Å². The molecular formula is C19H17ClN2O7. The van der Waals surface area contributed by atoms with Crippen LogP contribution in [0.3, 0.4) is 0 Å². The maximum Gasteiger partial charge on any atom is 0.343 e. The third kappa shape index (κ3) is 5.95. The van der Waals surface area contributed by atoms with Crippen LogP contribution in [0.4, 0.5) is 0 Å². The van der Waals surface area contributed by atoms with Crippen molar-refractivity contribution < 1.29 is 43.3 Å². The molecule has 0 saturated heterocycles. The molecule has 3 aromatic rings. The van der Waals surface area contributed by atoms with Crippen LogP contribution in [0.25, 0.3) is 16.8 Å². The largest absolute Gasteiger partial charge is 0.478 e. The van der Waals surface area contributed by atoms with Crippen molar-refractivity contribution in [3.05, 3.63) is 82.0 Å². The molecule has 9 nitrogen and oxygen atoms in total. The lowest BCUT2D eigenvalue weighted by atomic mass is 10.1. The summed E-state index contributed by atoms with van der Waals surface area (Å²) >= 11 is 0. The van der Waals surface area contributed by atoms with E-state index < -0.39 is 16.2 Å². The first-order valence-electron chi connectivity index (χ1n) is 8.15. The number of carboxylic acids is 1. The standard InChI is InChI=1S/C19H16N2O3.ClHO4/c1-12-17(14-7-4-3-5-8-14)18(22)20-13(2)21(12)16-10-6-9-15(11-16)19(23)24;2-1(3,4)5/h3-11H,1-2H3,(H,23,24);(H,2,3,4,5). The van der Waals surface area contributed by atoms with Crippen LogP contribution in [0, 0.1) is 24.1 Å². The smallest absolute Gasteiger partial charge is 0.343 e. The van der Waals surface area contributed by atoms with Crippen LogP contribution >= 0.6 is 0 Å². The predicted molar refractivity (Wildman–Crippen MR) is 90.5 cm³/mol. The number of aromatic nitrogens is 2. The van der Waals surface area contributed by atoms with Gasteiger partial charge in [0.25, 0.3) is 5.82 Å². The number of carboxylic acid groups (broad SMARTS) is 1. The number of benzene rings is 2. The van der Waals surface area contributed by atoms with E-state index in [9.17, 15) is 14.7 Å². The zero-order chi connectivity index (χ0) is 21.8. The summed E-state index contributed by atoms with van der Waals surface area (Å²) in [6, 6.07) is 16.1. The molecule has 10 heteroatoms. The molecule has 3 rings (SSSR count). The molecule has 0 radical (unpaired) electrons.